The molecule has 0 heterocycles. The van der Waals surface area contributed by atoms with E-state index in [9.17, 15) is 10.2 Å². The molecule has 0 amide bonds. The van der Waals surface area contributed by atoms with Crippen LogP contribution in [0.25, 0.3) is 6.08 Å². The molecule has 0 radical (unpaired) electrons. The minimum atomic E-state index is -0.405. The van der Waals surface area contributed by atoms with Crippen LogP contribution in [0.4, 0.5) is 0 Å². The average Bonchev–Trinajstić information content (AvgIpc) is 2.97. The Morgan fingerprint density at radius 3 is 2.53 bits per heavy atom. The zero-order valence-corrected chi connectivity index (χ0v) is 19.6. The molecule has 4 aliphatic carbocycles. The van der Waals surface area contributed by atoms with Gasteiger partial charge in [0.2, 0.25) is 0 Å². The lowest BCUT2D eigenvalue weighted by atomic mass is 9.45. The standard InChI is InChI=1S/C26H34Cl2O2/c1-25-10-8-18(29)14-17(25)6-7-19-20(25)9-11-26(2)21(19)13-16(24(26)30)12-15-4-3-5-22(27)23(15)28/h3-5,12,17-21,24,29-30H,6-11,13-14H2,1-2H3/b16-12+. The molecule has 8 atom stereocenters. The summed E-state index contributed by atoms with van der Waals surface area (Å²) in [5.74, 6) is 2.59. The van der Waals surface area contributed by atoms with E-state index in [1.54, 1.807) is 0 Å². The molecule has 4 heteroatoms. The number of fused-ring (bicyclic) bond motifs is 5. The highest BCUT2D eigenvalue weighted by atomic mass is 35.5. The summed E-state index contributed by atoms with van der Waals surface area (Å²) in [5, 5.41) is 22.8. The Bertz CT molecular complexity index is 867. The molecule has 0 aromatic heterocycles. The van der Waals surface area contributed by atoms with Crippen LogP contribution < -0.4 is 0 Å². The van der Waals surface area contributed by atoms with Crippen LogP contribution in [0.5, 0.6) is 0 Å². The predicted octanol–water partition coefficient (Wildman–Crippen LogP) is 6.75. The van der Waals surface area contributed by atoms with Crippen molar-refractivity contribution in [3.63, 3.8) is 0 Å². The minimum absolute atomic E-state index is 0.0462. The molecular weight excluding hydrogens is 415 g/mol. The zero-order chi connectivity index (χ0) is 21.3. The molecule has 0 bridgehead atoms. The van der Waals surface area contributed by atoms with Crippen LogP contribution in [0.2, 0.25) is 10.0 Å². The summed E-state index contributed by atoms with van der Waals surface area (Å²) in [5.41, 5.74) is 2.35. The monoisotopic (exact) mass is 448 g/mol. The van der Waals surface area contributed by atoms with E-state index < -0.39 is 6.10 Å². The summed E-state index contributed by atoms with van der Waals surface area (Å²) < 4.78 is 0. The lowest BCUT2D eigenvalue weighted by molar-refractivity contribution is -0.133. The highest BCUT2D eigenvalue weighted by Crippen LogP contribution is 2.67. The quantitative estimate of drug-likeness (QED) is 0.498. The molecular formula is C26H34Cl2O2. The number of hydrogen-bond acceptors (Lipinski definition) is 2. The van der Waals surface area contributed by atoms with Crippen molar-refractivity contribution < 1.29 is 10.2 Å². The second-order valence-corrected chi connectivity index (χ2v) is 11.9. The third-order valence-corrected chi connectivity index (χ3v) is 10.7. The van der Waals surface area contributed by atoms with Gasteiger partial charge in [0.25, 0.3) is 0 Å². The summed E-state index contributed by atoms with van der Waals surface area (Å²) in [6.07, 6.45) is 10.4. The SMILES string of the molecule is CC12CCC(O)CC1CCC1C2CCC2(C)C(O)/C(=C/c3cccc(Cl)c3Cl)CC12. The van der Waals surface area contributed by atoms with Crippen LogP contribution in [-0.2, 0) is 0 Å². The lowest BCUT2D eigenvalue weighted by Gasteiger charge is -2.60. The topological polar surface area (TPSA) is 40.5 Å². The van der Waals surface area contributed by atoms with E-state index in [4.69, 9.17) is 23.2 Å². The first kappa shape index (κ1) is 21.3. The van der Waals surface area contributed by atoms with Gasteiger partial charge in [-0.1, -0.05) is 55.3 Å². The van der Waals surface area contributed by atoms with Crippen LogP contribution in [0.15, 0.2) is 23.8 Å². The molecule has 1 aromatic rings. The van der Waals surface area contributed by atoms with Gasteiger partial charge >= 0.3 is 0 Å². The smallest absolute Gasteiger partial charge is 0.0809 e. The summed E-state index contributed by atoms with van der Waals surface area (Å²) in [6, 6.07) is 5.72. The van der Waals surface area contributed by atoms with Crippen molar-refractivity contribution in [3.05, 3.63) is 39.4 Å². The fourth-order valence-electron chi connectivity index (χ4n) is 8.07. The highest BCUT2D eigenvalue weighted by molar-refractivity contribution is 6.42. The van der Waals surface area contributed by atoms with Gasteiger partial charge in [0.05, 0.1) is 22.3 Å². The van der Waals surface area contributed by atoms with Gasteiger partial charge < -0.3 is 10.2 Å². The van der Waals surface area contributed by atoms with Crippen molar-refractivity contribution in [2.45, 2.75) is 77.4 Å². The van der Waals surface area contributed by atoms with Gasteiger partial charge in [-0.05, 0) is 97.7 Å². The Labute approximate surface area is 190 Å². The van der Waals surface area contributed by atoms with E-state index >= 15 is 0 Å². The van der Waals surface area contributed by atoms with Crippen molar-refractivity contribution in [2.24, 2.45) is 34.5 Å². The summed E-state index contributed by atoms with van der Waals surface area (Å²) in [4.78, 5) is 0. The molecule has 0 aliphatic heterocycles. The fourth-order valence-corrected chi connectivity index (χ4v) is 8.43. The van der Waals surface area contributed by atoms with E-state index in [-0.39, 0.29) is 11.5 Å². The van der Waals surface area contributed by atoms with Crippen molar-refractivity contribution in [2.75, 3.05) is 0 Å². The van der Waals surface area contributed by atoms with E-state index in [1.165, 1.54) is 19.3 Å². The maximum absolute atomic E-state index is 11.4. The summed E-state index contributed by atoms with van der Waals surface area (Å²) >= 11 is 12.7. The Balaban J connectivity index is 1.46. The van der Waals surface area contributed by atoms with Crippen molar-refractivity contribution in [3.8, 4) is 0 Å². The van der Waals surface area contributed by atoms with E-state index in [1.807, 2.05) is 18.2 Å². The van der Waals surface area contributed by atoms with Gasteiger partial charge in [-0.3, -0.25) is 0 Å². The van der Waals surface area contributed by atoms with Crippen LogP contribution in [-0.4, -0.2) is 22.4 Å². The summed E-state index contributed by atoms with van der Waals surface area (Å²) in [7, 11) is 0. The molecule has 2 nitrogen and oxygen atoms in total. The van der Waals surface area contributed by atoms with Crippen LogP contribution in [0.1, 0.15) is 70.8 Å². The second-order valence-electron chi connectivity index (χ2n) is 11.1. The van der Waals surface area contributed by atoms with Gasteiger partial charge in [-0.2, -0.15) is 0 Å². The lowest BCUT2D eigenvalue weighted by Crippen LogP contribution is -2.54. The Morgan fingerprint density at radius 1 is 0.967 bits per heavy atom. The van der Waals surface area contributed by atoms with Crippen molar-refractivity contribution in [1.29, 1.82) is 0 Å². The molecule has 5 rings (SSSR count). The van der Waals surface area contributed by atoms with Gasteiger partial charge in [-0.25, -0.2) is 0 Å². The van der Waals surface area contributed by atoms with Crippen LogP contribution in [0, 0.1) is 34.5 Å². The van der Waals surface area contributed by atoms with Gasteiger partial charge in [0.15, 0.2) is 0 Å². The van der Waals surface area contributed by atoms with Crippen LogP contribution >= 0.6 is 23.2 Å². The number of benzene rings is 1. The van der Waals surface area contributed by atoms with Gasteiger partial charge in [0, 0.05) is 5.41 Å². The minimum Gasteiger partial charge on any atom is -0.393 e. The number of aliphatic hydroxyl groups excluding tert-OH is 2. The zero-order valence-electron chi connectivity index (χ0n) is 18.1. The Morgan fingerprint density at radius 2 is 1.73 bits per heavy atom. The first-order valence-electron chi connectivity index (χ1n) is 11.7. The van der Waals surface area contributed by atoms with Gasteiger partial charge in [-0.15, -0.1) is 0 Å². The molecule has 164 valence electrons. The summed E-state index contributed by atoms with van der Waals surface area (Å²) in [6.45, 7) is 4.83. The van der Waals surface area contributed by atoms with E-state index in [0.29, 0.717) is 33.2 Å². The van der Waals surface area contributed by atoms with E-state index in [0.717, 1.165) is 49.2 Å². The molecule has 1 aromatic carbocycles. The van der Waals surface area contributed by atoms with Crippen LogP contribution in [0.3, 0.4) is 0 Å². The predicted molar refractivity (Wildman–Crippen MR) is 124 cm³/mol. The molecule has 4 saturated carbocycles. The first-order valence-corrected chi connectivity index (χ1v) is 12.5. The molecule has 30 heavy (non-hydrogen) atoms. The average molecular weight is 449 g/mol. The normalized spacial score (nSPS) is 46.9. The number of hydrogen-bond donors (Lipinski definition) is 2. The molecule has 4 fully saturated rings. The van der Waals surface area contributed by atoms with Gasteiger partial charge in [0.1, 0.15) is 0 Å². The van der Waals surface area contributed by atoms with E-state index in [2.05, 4.69) is 19.9 Å². The Hall–Kier alpha value is -0.540. The third kappa shape index (κ3) is 3.12. The van der Waals surface area contributed by atoms with Crippen molar-refractivity contribution in [1.82, 2.24) is 0 Å². The number of rotatable bonds is 1. The molecule has 2 N–H and O–H groups in total. The first-order chi connectivity index (χ1) is 14.2. The molecule has 4 aliphatic rings. The number of aliphatic hydroxyl groups is 2. The third-order valence-electron chi connectivity index (χ3n) is 9.83. The van der Waals surface area contributed by atoms with Crippen molar-refractivity contribution >= 4 is 29.3 Å². The molecule has 8 unspecified atom stereocenters. The maximum Gasteiger partial charge on any atom is 0.0809 e. The Kier molecular flexibility index (Phi) is 5.33. The largest absolute Gasteiger partial charge is 0.393 e. The second kappa shape index (κ2) is 7.51. The maximum atomic E-state index is 11.4. The molecule has 0 spiro atoms. The highest BCUT2D eigenvalue weighted by Gasteiger charge is 2.61. The number of halogens is 2. The fraction of sp³-hybridized carbons (Fsp3) is 0.692. The molecule has 0 saturated heterocycles.